The lowest BCUT2D eigenvalue weighted by Gasteiger charge is -2.34. The molecule has 4 nitrogen and oxygen atoms in total. The number of nitrogens with two attached hydrogens (primary N) is 1. The maximum atomic E-state index is 12.2. The third-order valence-electron chi connectivity index (χ3n) is 3.01. The third kappa shape index (κ3) is 2.08. The summed E-state index contributed by atoms with van der Waals surface area (Å²) < 4.78 is 4.93. The molecule has 1 fully saturated rings. The van der Waals surface area contributed by atoms with Crippen LogP contribution < -0.4 is 5.73 Å². The van der Waals surface area contributed by atoms with Gasteiger partial charge in [-0.2, -0.15) is 0 Å². The summed E-state index contributed by atoms with van der Waals surface area (Å²) in [6.07, 6.45) is 4.55. The molecule has 0 bridgehead atoms. The Morgan fingerprint density at radius 2 is 2.44 bits per heavy atom. The van der Waals surface area contributed by atoms with Crippen molar-refractivity contribution in [2.75, 3.05) is 13.1 Å². The molecule has 1 atom stereocenters. The van der Waals surface area contributed by atoms with Crippen LogP contribution in [0.1, 0.15) is 29.6 Å². The zero-order chi connectivity index (χ0) is 11.5. The fraction of sp³-hybridized carbons (Fsp3) is 0.545. The molecule has 1 aliphatic rings. The molecule has 1 aromatic heterocycles. The summed E-state index contributed by atoms with van der Waals surface area (Å²) >= 11 is 5.80. The number of rotatable bonds is 2. The monoisotopic (exact) mass is 242 g/mol. The van der Waals surface area contributed by atoms with Crippen LogP contribution in [-0.2, 0) is 0 Å². The van der Waals surface area contributed by atoms with Gasteiger partial charge in [0.25, 0.3) is 5.91 Å². The summed E-state index contributed by atoms with van der Waals surface area (Å²) in [5, 5.41) is 0.159. The van der Waals surface area contributed by atoms with Gasteiger partial charge >= 0.3 is 0 Å². The fourth-order valence-corrected chi connectivity index (χ4v) is 2.31. The van der Waals surface area contributed by atoms with Crippen LogP contribution in [0.3, 0.4) is 0 Å². The average molecular weight is 243 g/mol. The lowest BCUT2D eigenvalue weighted by atomic mass is 10.0. The Kier molecular flexibility index (Phi) is 3.51. The van der Waals surface area contributed by atoms with Crippen LogP contribution >= 0.6 is 11.6 Å². The van der Waals surface area contributed by atoms with E-state index in [2.05, 4.69) is 0 Å². The smallest absolute Gasteiger partial charge is 0.259 e. The first-order valence-corrected chi connectivity index (χ1v) is 5.86. The highest BCUT2D eigenvalue weighted by molar-refractivity contribution is 6.32. The van der Waals surface area contributed by atoms with E-state index >= 15 is 0 Å². The van der Waals surface area contributed by atoms with E-state index in [1.54, 1.807) is 11.0 Å². The summed E-state index contributed by atoms with van der Waals surface area (Å²) in [6.45, 7) is 1.25. The first kappa shape index (κ1) is 11.5. The maximum Gasteiger partial charge on any atom is 0.259 e. The normalized spacial score (nSPS) is 21.1. The van der Waals surface area contributed by atoms with Gasteiger partial charge < -0.3 is 15.1 Å². The molecule has 1 unspecified atom stereocenters. The predicted octanol–water partition coefficient (Wildman–Crippen LogP) is 1.89. The molecule has 0 aromatic carbocycles. The van der Waals surface area contributed by atoms with Gasteiger partial charge in [0.2, 0.25) is 5.22 Å². The standard InChI is InChI=1S/C11H15ClN2O2/c12-10-9(4-6-16-10)11(15)14-5-2-1-3-8(14)7-13/h4,6,8H,1-3,5,7,13H2. The number of furan rings is 1. The zero-order valence-corrected chi connectivity index (χ0v) is 9.74. The number of nitrogens with zero attached hydrogens (tertiary/aromatic N) is 1. The molecule has 1 amide bonds. The SMILES string of the molecule is NCC1CCCCN1C(=O)c1ccoc1Cl. The molecule has 2 N–H and O–H groups in total. The Bertz CT molecular complexity index is 378. The van der Waals surface area contributed by atoms with Crippen molar-refractivity contribution >= 4 is 17.5 Å². The second-order valence-electron chi connectivity index (χ2n) is 3.99. The highest BCUT2D eigenvalue weighted by Gasteiger charge is 2.28. The molecule has 88 valence electrons. The summed E-state index contributed by atoms with van der Waals surface area (Å²) in [4.78, 5) is 14.0. The number of amides is 1. The Balaban J connectivity index is 2.17. The summed E-state index contributed by atoms with van der Waals surface area (Å²) in [6, 6.07) is 1.74. The highest BCUT2D eigenvalue weighted by atomic mass is 35.5. The van der Waals surface area contributed by atoms with Gasteiger partial charge in [-0.1, -0.05) is 0 Å². The van der Waals surface area contributed by atoms with Gasteiger partial charge in [0, 0.05) is 19.1 Å². The zero-order valence-electron chi connectivity index (χ0n) is 8.99. The van der Waals surface area contributed by atoms with Crippen molar-refractivity contribution in [1.82, 2.24) is 4.90 Å². The van der Waals surface area contributed by atoms with E-state index in [9.17, 15) is 4.79 Å². The number of likely N-dealkylation sites (tertiary alicyclic amines) is 1. The van der Waals surface area contributed by atoms with Crippen molar-refractivity contribution in [2.24, 2.45) is 5.73 Å². The minimum atomic E-state index is -0.0751. The number of carbonyl (C=O) groups excluding carboxylic acids is 1. The lowest BCUT2D eigenvalue weighted by Crippen LogP contribution is -2.47. The molecule has 16 heavy (non-hydrogen) atoms. The minimum absolute atomic E-state index is 0.0751. The lowest BCUT2D eigenvalue weighted by molar-refractivity contribution is 0.0623. The first-order chi connectivity index (χ1) is 7.74. The molecule has 2 heterocycles. The second-order valence-corrected chi connectivity index (χ2v) is 4.34. The Hall–Kier alpha value is -1.00. The van der Waals surface area contributed by atoms with Gasteiger partial charge in [0.1, 0.15) is 0 Å². The molecule has 0 spiro atoms. The van der Waals surface area contributed by atoms with Crippen LogP contribution in [0.4, 0.5) is 0 Å². The number of carbonyl (C=O) groups is 1. The van der Waals surface area contributed by atoms with Gasteiger partial charge in [-0.25, -0.2) is 0 Å². The van der Waals surface area contributed by atoms with Crippen LogP contribution in [0, 0.1) is 0 Å². The maximum absolute atomic E-state index is 12.2. The molecule has 0 aliphatic carbocycles. The van der Waals surface area contributed by atoms with Crippen molar-refractivity contribution < 1.29 is 9.21 Å². The van der Waals surface area contributed by atoms with Gasteiger partial charge in [-0.15, -0.1) is 0 Å². The predicted molar refractivity (Wildman–Crippen MR) is 61.4 cm³/mol. The number of halogens is 1. The van der Waals surface area contributed by atoms with Crippen LogP contribution in [-0.4, -0.2) is 29.9 Å². The van der Waals surface area contributed by atoms with Crippen LogP contribution in [0.25, 0.3) is 0 Å². The Morgan fingerprint density at radius 3 is 3.06 bits per heavy atom. The third-order valence-corrected chi connectivity index (χ3v) is 3.30. The molecule has 1 aliphatic heterocycles. The topological polar surface area (TPSA) is 59.5 Å². The van der Waals surface area contributed by atoms with Gasteiger partial charge in [-0.05, 0) is 36.9 Å². The fourth-order valence-electron chi connectivity index (χ4n) is 2.11. The minimum Gasteiger partial charge on any atom is -0.452 e. The van der Waals surface area contributed by atoms with Crippen LogP contribution in [0.2, 0.25) is 5.22 Å². The van der Waals surface area contributed by atoms with Gasteiger partial charge in [0.15, 0.2) is 0 Å². The van der Waals surface area contributed by atoms with E-state index in [-0.39, 0.29) is 17.2 Å². The molecule has 2 rings (SSSR count). The Morgan fingerprint density at radius 1 is 1.62 bits per heavy atom. The van der Waals surface area contributed by atoms with Crippen LogP contribution in [0.15, 0.2) is 16.7 Å². The number of hydrogen-bond donors (Lipinski definition) is 1. The summed E-state index contributed by atoms with van der Waals surface area (Å²) in [5.74, 6) is -0.0751. The number of hydrogen-bond acceptors (Lipinski definition) is 3. The Labute approximate surface area is 99.3 Å². The molecule has 0 saturated carbocycles. The van der Waals surface area contributed by atoms with Gasteiger partial charge in [-0.3, -0.25) is 4.79 Å². The quantitative estimate of drug-likeness (QED) is 0.862. The van der Waals surface area contributed by atoms with Crippen LogP contribution in [0.5, 0.6) is 0 Å². The van der Waals surface area contributed by atoms with E-state index < -0.39 is 0 Å². The van der Waals surface area contributed by atoms with Crippen molar-refractivity contribution in [3.05, 3.63) is 23.1 Å². The van der Waals surface area contributed by atoms with Crippen molar-refractivity contribution in [3.8, 4) is 0 Å². The van der Waals surface area contributed by atoms with Crippen molar-refractivity contribution in [1.29, 1.82) is 0 Å². The van der Waals surface area contributed by atoms with E-state index in [1.165, 1.54) is 6.26 Å². The molecule has 1 saturated heterocycles. The van der Waals surface area contributed by atoms with Crippen molar-refractivity contribution in [2.45, 2.75) is 25.3 Å². The molecule has 0 radical (unpaired) electrons. The largest absolute Gasteiger partial charge is 0.452 e. The van der Waals surface area contributed by atoms with E-state index in [0.717, 1.165) is 25.8 Å². The summed E-state index contributed by atoms with van der Waals surface area (Å²) in [7, 11) is 0. The van der Waals surface area contributed by atoms with E-state index in [1.807, 2.05) is 0 Å². The summed E-state index contributed by atoms with van der Waals surface area (Å²) in [5.41, 5.74) is 6.10. The average Bonchev–Trinajstić information content (AvgIpc) is 2.74. The molecule has 1 aromatic rings. The molecule has 5 heteroatoms. The van der Waals surface area contributed by atoms with E-state index in [0.29, 0.717) is 12.1 Å². The number of piperidine rings is 1. The van der Waals surface area contributed by atoms with E-state index in [4.69, 9.17) is 21.8 Å². The van der Waals surface area contributed by atoms with Crippen molar-refractivity contribution in [3.63, 3.8) is 0 Å². The first-order valence-electron chi connectivity index (χ1n) is 5.48. The molecular weight excluding hydrogens is 228 g/mol. The highest BCUT2D eigenvalue weighted by Crippen LogP contribution is 2.23. The molecular formula is C11H15ClN2O2. The second kappa shape index (κ2) is 4.89. The van der Waals surface area contributed by atoms with Gasteiger partial charge in [0.05, 0.1) is 11.8 Å².